The summed E-state index contributed by atoms with van der Waals surface area (Å²) in [5.74, 6) is -1.83. The van der Waals surface area contributed by atoms with Gasteiger partial charge in [-0.3, -0.25) is 15.0 Å². The summed E-state index contributed by atoms with van der Waals surface area (Å²) in [5.41, 5.74) is 3.25. The Bertz CT molecular complexity index is 1870. The Morgan fingerprint density at radius 2 is 1.16 bits per heavy atom. The largest absolute Gasteiger partial charge is 0.260 e. The molecule has 0 saturated heterocycles. The summed E-state index contributed by atoms with van der Waals surface area (Å²) in [6.07, 6.45) is 1.80. The van der Waals surface area contributed by atoms with Gasteiger partial charge in [0, 0.05) is 17.2 Å². The Balaban J connectivity index is 1.54. The highest BCUT2D eigenvalue weighted by Crippen LogP contribution is 2.44. The number of aromatic nitrogens is 3. The maximum Gasteiger partial charge on any atom is 0.153 e. The zero-order valence-corrected chi connectivity index (χ0v) is 24.2. The third kappa shape index (κ3) is 4.83. The number of rotatable bonds is 7. The highest BCUT2D eigenvalue weighted by molar-refractivity contribution is 5.63. The van der Waals surface area contributed by atoms with Gasteiger partial charge in [-0.2, -0.15) is 5.26 Å². The van der Waals surface area contributed by atoms with Crippen LogP contribution in [0.5, 0.6) is 0 Å². The molecule has 0 atom stereocenters. The predicted molar refractivity (Wildman–Crippen MR) is 167 cm³/mol. The van der Waals surface area contributed by atoms with Gasteiger partial charge in [-0.05, 0) is 73.5 Å². The van der Waals surface area contributed by atoms with E-state index < -0.39 is 28.0 Å². The van der Waals surface area contributed by atoms with Crippen molar-refractivity contribution in [3.63, 3.8) is 0 Å². The van der Waals surface area contributed by atoms with E-state index >= 15 is 4.39 Å². The summed E-state index contributed by atoms with van der Waals surface area (Å²) in [6.45, 7) is 4.03. The van der Waals surface area contributed by atoms with Crippen LogP contribution in [0.1, 0.15) is 53.3 Å². The van der Waals surface area contributed by atoms with Crippen LogP contribution in [0, 0.1) is 23.0 Å². The Morgan fingerprint density at radius 1 is 0.591 bits per heavy atom. The lowest BCUT2D eigenvalue weighted by Crippen LogP contribution is -2.34. The second kappa shape index (κ2) is 11.6. The van der Waals surface area contributed by atoms with Crippen molar-refractivity contribution in [3.8, 4) is 17.3 Å². The molecule has 6 heteroatoms. The van der Waals surface area contributed by atoms with E-state index in [1.165, 1.54) is 6.07 Å². The quantitative estimate of drug-likeness (QED) is 0.191. The molecule has 0 N–H and O–H groups in total. The molecule has 0 radical (unpaired) electrons. The molecule has 0 fully saturated rings. The maximum atomic E-state index is 15.1. The van der Waals surface area contributed by atoms with Crippen molar-refractivity contribution in [1.82, 2.24) is 15.0 Å². The Labute approximate surface area is 255 Å². The van der Waals surface area contributed by atoms with Crippen LogP contribution in [0.15, 0.2) is 134 Å². The minimum atomic E-state index is -0.930. The molecule has 3 heterocycles. The molecule has 214 valence electrons. The smallest absolute Gasteiger partial charge is 0.153 e. The molecule has 0 bridgehead atoms. The molecule has 0 spiro atoms. The summed E-state index contributed by atoms with van der Waals surface area (Å²) < 4.78 is 29.2. The van der Waals surface area contributed by atoms with Crippen LogP contribution in [0.4, 0.5) is 8.78 Å². The first-order valence-electron chi connectivity index (χ1n) is 14.2. The number of hydrogen-bond acceptors (Lipinski definition) is 4. The van der Waals surface area contributed by atoms with E-state index in [-0.39, 0.29) is 5.56 Å². The minimum Gasteiger partial charge on any atom is -0.260 e. The summed E-state index contributed by atoms with van der Waals surface area (Å²) in [5, 5.41) is 9.28. The van der Waals surface area contributed by atoms with Gasteiger partial charge in [-0.25, -0.2) is 8.78 Å². The first-order valence-corrected chi connectivity index (χ1v) is 14.2. The summed E-state index contributed by atoms with van der Waals surface area (Å²) in [4.78, 5) is 15.0. The van der Waals surface area contributed by atoms with Crippen molar-refractivity contribution in [1.29, 1.82) is 5.26 Å². The number of halogens is 2. The number of nitrogens with zero attached hydrogens (tertiary/aromatic N) is 4. The number of hydrogen-bond donors (Lipinski definition) is 0. The second-order valence-corrected chi connectivity index (χ2v) is 11.0. The fourth-order valence-corrected chi connectivity index (χ4v) is 5.76. The van der Waals surface area contributed by atoms with Crippen LogP contribution < -0.4 is 0 Å². The lowest BCUT2D eigenvalue weighted by Gasteiger charge is -2.35. The van der Waals surface area contributed by atoms with Gasteiger partial charge in [0.15, 0.2) is 5.82 Å². The third-order valence-electron chi connectivity index (χ3n) is 8.10. The summed E-state index contributed by atoms with van der Waals surface area (Å²) >= 11 is 0. The second-order valence-electron chi connectivity index (χ2n) is 11.0. The Kier molecular flexibility index (Phi) is 7.55. The van der Waals surface area contributed by atoms with Crippen molar-refractivity contribution >= 4 is 0 Å². The van der Waals surface area contributed by atoms with Crippen LogP contribution in [0.25, 0.3) is 11.3 Å². The molecule has 3 aromatic carbocycles. The Hall–Kier alpha value is -5.54. The SMILES string of the molecule is CC(C)(c1cccc(-c2ccc(F)c(C#N)c2F)n1)c1cccc(C(c2ccccc2)(c2ccccc2)c2ccccn2)n1. The van der Waals surface area contributed by atoms with E-state index in [1.807, 2.05) is 92.7 Å². The molecular weight excluding hydrogens is 550 g/mol. The molecule has 0 saturated carbocycles. The van der Waals surface area contributed by atoms with Gasteiger partial charge in [0.05, 0.1) is 28.5 Å². The highest BCUT2D eigenvalue weighted by Gasteiger charge is 2.42. The first kappa shape index (κ1) is 28.6. The average Bonchev–Trinajstić information content (AvgIpc) is 3.07. The molecular formula is C38H28F2N4. The normalized spacial score (nSPS) is 11.6. The fourth-order valence-electron chi connectivity index (χ4n) is 5.76. The summed E-state index contributed by atoms with van der Waals surface area (Å²) in [7, 11) is 0. The topological polar surface area (TPSA) is 62.5 Å². The zero-order valence-electron chi connectivity index (χ0n) is 24.2. The molecule has 0 aliphatic carbocycles. The van der Waals surface area contributed by atoms with Crippen molar-refractivity contribution in [2.45, 2.75) is 24.7 Å². The standard InChI is InChI=1S/C38H28F2N4/c1-37(2,32-19-11-17-31(43-32)28-22-23-30(39)29(25-41)36(28)40)33-20-12-21-35(44-33)38(26-13-5-3-6-14-26,27-15-7-4-8-16-27)34-18-9-10-24-42-34/h3-24H,1-2H3. The molecule has 3 aromatic heterocycles. The zero-order chi connectivity index (χ0) is 30.7. The van der Waals surface area contributed by atoms with E-state index in [1.54, 1.807) is 24.4 Å². The van der Waals surface area contributed by atoms with Crippen molar-refractivity contribution < 1.29 is 8.78 Å². The molecule has 4 nitrogen and oxygen atoms in total. The average molecular weight is 579 g/mol. The van der Waals surface area contributed by atoms with Gasteiger partial charge in [0.2, 0.25) is 0 Å². The highest BCUT2D eigenvalue weighted by atomic mass is 19.1. The van der Waals surface area contributed by atoms with Gasteiger partial charge < -0.3 is 0 Å². The lowest BCUT2D eigenvalue weighted by molar-refractivity contribution is 0.575. The molecule has 6 aromatic rings. The van der Waals surface area contributed by atoms with E-state index in [9.17, 15) is 9.65 Å². The van der Waals surface area contributed by atoms with E-state index in [0.29, 0.717) is 11.4 Å². The van der Waals surface area contributed by atoms with E-state index in [4.69, 9.17) is 15.0 Å². The van der Waals surface area contributed by atoms with Gasteiger partial charge in [-0.1, -0.05) is 78.9 Å². The third-order valence-corrected chi connectivity index (χ3v) is 8.10. The van der Waals surface area contributed by atoms with Crippen molar-refractivity contribution in [2.75, 3.05) is 0 Å². The fraction of sp³-hybridized carbons (Fsp3) is 0.105. The van der Waals surface area contributed by atoms with Crippen LogP contribution in [0.2, 0.25) is 0 Å². The molecule has 0 unspecified atom stereocenters. The first-order chi connectivity index (χ1) is 21.4. The summed E-state index contributed by atoms with van der Waals surface area (Å²) in [6, 6.07) is 41.6. The van der Waals surface area contributed by atoms with Gasteiger partial charge >= 0.3 is 0 Å². The molecule has 44 heavy (non-hydrogen) atoms. The number of nitriles is 1. The monoisotopic (exact) mass is 578 g/mol. The Morgan fingerprint density at radius 3 is 1.77 bits per heavy atom. The van der Waals surface area contributed by atoms with Crippen molar-refractivity contribution in [3.05, 3.63) is 185 Å². The molecule has 0 aliphatic rings. The molecule has 6 rings (SSSR count). The molecule has 0 amide bonds. The molecule has 0 aliphatic heterocycles. The van der Waals surface area contributed by atoms with Crippen LogP contribution in [-0.2, 0) is 10.8 Å². The van der Waals surface area contributed by atoms with Crippen LogP contribution in [-0.4, -0.2) is 15.0 Å². The van der Waals surface area contributed by atoms with Crippen LogP contribution >= 0.6 is 0 Å². The van der Waals surface area contributed by atoms with Crippen LogP contribution in [0.3, 0.4) is 0 Å². The number of benzene rings is 3. The van der Waals surface area contributed by atoms with Crippen molar-refractivity contribution in [2.24, 2.45) is 0 Å². The van der Waals surface area contributed by atoms with Gasteiger partial charge in [-0.15, -0.1) is 0 Å². The van der Waals surface area contributed by atoms with Gasteiger partial charge in [0.1, 0.15) is 22.9 Å². The number of pyridine rings is 3. The van der Waals surface area contributed by atoms with E-state index in [0.717, 1.165) is 34.3 Å². The minimum absolute atomic E-state index is 0.0598. The van der Waals surface area contributed by atoms with E-state index in [2.05, 4.69) is 24.3 Å². The lowest BCUT2D eigenvalue weighted by atomic mass is 9.69. The van der Waals surface area contributed by atoms with Gasteiger partial charge in [0.25, 0.3) is 0 Å². The maximum absolute atomic E-state index is 15.1. The predicted octanol–water partition coefficient (Wildman–Crippen LogP) is 8.40.